The third-order valence-electron chi connectivity index (χ3n) is 3.00. The first-order chi connectivity index (χ1) is 11.2. The van der Waals surface area contributed by atoms with Crippen LogP contribution in [0.15, 0.2) is 0 Å². The summed E-state index contributed by atoms with van der Waals surface area (Å²) in [5, 5.41) is 32.1. The molecule has 0 spiro atoms. The lowest BCUT2D eigenvalue weighted by Crippen LogP contribution is -2.55. The summed E-state index contributed by atoms with van der Waals surface area (Å²) in [6, 6.07) is -2.25. The number of aliphatic hydroxyl groups is 2. The Morgan fingerprint density at radius 1 is 1.21 bits per heavy atom. The van der Waals surface area contributed by atoms with E-state index in [1.165, 1.54) is 0 Å². The number of carbonyl (C=O) groups excluding carboxylic acids is 1. The third kappa shape index (κ3) is 10.3. The maximum Gasteiger partial charge on any atom is 0.328 e. The summed E-state index contributed by atoms with van der Waals surface area (Å²) in [7, 11) is 0. The number of hydrazine groups is 1. The highest BCUT2D eigenvalue weighted by Crippen LogP contribution is 1.92. The van der Waals surface area contributed by atoms with Crippen molar-refractivity contribution in [2.75, 3.05) is 19.7 Å². The van der Waals surface area contributed by atoms with Crippen LogP contribution in [0.3, 0.4) is 0 Å². The van der Waals surface area contributed by atoms with Crippen LogP contribution in [0.2, 0.25) is 0 Å². The van der Waals surface area contributed by atoms with E-state index >= 15 is 0 Å². The Morgan fingerprint density at radius 2 is 1.79 bits per heavy atom. The molecular formula is C12H26N6O5S. The standard InChI is InChI=1S/C12H26N6O5S/c1-6(20)8(13)4-16-15-3-7(2-10(14)21)17-12(24)18-9(5-19)11(22)23/h6-9,15-16,19-20H,2-5,13H2,1H3,(H2,14,21)(H,22,23)(H2,17,18,24)/t6?,7-,8+,9-/m1/s1. The molecule has 0 aliphatic rings. The van der Waals surface area contributed by atoms with Gasteiger partial charge in [0.1, 0.15) is 6.04 Å². The minimum absolute atomic E-state index is 0.0369. The monoisotopic (exact) mass is 366 g/mol. The topological polar surface area (TPSA) is 195 Å². The molecule has 0 aromatic heterocycles. The van der Waals surface area contributed by atoms with Crippen LogP contribution in [0, 0.1) is 0 Å². The molecule has 0 heterocycles. The SMILES string of the molecule is CC(O)[C@@H](N)CNNC[C@@H](CC(N)=O)NC(=S)N[C@H](CO)C(=O)O. The summed E-state index contributed by atoms with van der Waals surface area (Å²) in [4.78, 5) is 21.9. The second-order valence-electron chi connectivity index (χ2n) is 5.22. The van der Waals surface area contributed by atoms with E-state index in [1.54, 1.807) is 6.92 Å². The second-order valence-corrected chi connectivity index (χ2v) is 5.63. The van der Waals surface area contributed by atoms with E-state index in [2.05, 4.69) is 21.5 Å². The Hall–Kier alpha value is -1.57. The van der Waals surface area contributed by atoms with Gasteiger partial charge in [-0.25, -0.2) is 4.79 Å². The van der Waals surface area contributed by atoms with E-state index in [4.69, 9.17) is 33.9 Å². The summed E-state index contributed by atoms with van der Waals surface area (Å²) in [5.74, 6) is -1.84. The highest BCUT2D eigenvalue weighted by atomic mass is 32.1. The maximum atomic E-state index is 11.1. The normalized spacial score (nSPS) is 15.8. The molecule has 11 nitrogen and oxygen atoms in total. The average molecular weight is 366 g/mol. The van der Waals surface area contributed by atoms with Crippen molar-refractivity contribution < 1.29 is 24.9 Å². The van der Waals surface area contributed by atoms with Gasteiger partial charge < -0.3 is 37.4 Å². The molecule has 0 aliphatic carbocycles. The van der Waals surface area contributed by atoms with Crippen LogP contribution in [-0.4, -0.2) is 76.2 Å². The number of primary amides is 1. The number of thiocarbonyl (C=S) groups is 1. The van der Waals surface area contributed by atoms with Crippen molar-refractivity contribution in [2.24, 2.45) is 11.5 Å². The molecule has 0 bridgehead atoms. The number of hydrogen-bond donors (Lipinski definition) is 9. The molecule has 0 fully saturated rings. The number of carboxylic acid groups (broad SMARTS) is 1. The predicted molar refractivity (Wildman–Crippen MR) is 90.6 cm³/mol. The number of carboxylic acids is 1. The van der Waals surface area contributed by atoms with Gasteiger partial charge in [0.2, 0.25) is 5.91 Å². The van der Waals surface area contributed by atoms with Crippen molar-refractivity contribution in [1.82, 2.24) is 21.5 Å². The molecule has 11 N–H and O–H groups in total. The van der Waals surface area contributed by atoms with Crippen LogP contribution >= 0.6 is 12.2 Å². The van der Waals surface area contributed by atoms with Gasteiger partial charge in [-0.2, -0.15) is 0 Å². The van der Waals surface area contributed by atoms with E-state index in [1.807, 2.05) is 0 Å². The molecule has 140 valence electrons. The van der Waals surface area contributed by atoms with Crippen LogP contribution in [0.25, 0.3) is 0 Å². The summed E-state index contributed by atoms with van der Waals surface area (Å²) in [6.07, 6.45) is -0.738. The van der Waals surface area contributed by atoms with E-state index in [0.717, 1.165) is 0 Å². The van der Waals surface area contributed by atoms with Crippen molar-refractivity contribution in [1.29, 1.82) is 0 Å². The quantitative estimate of drug-likeness (QED) is 0.0926. The highest BCUT2D eigenvalue weighted by molar-refractivity contribution is 7.80. The van der Waals surface area contributed by atoms with Crippen molar-refractivity contribution in [3.05, 3.63) is 0 Å². The minimum Gasteiger partial charge on any atom is -0.480 e. The Labute approximate surface area is 145 Å². The number of aliphatic hydroxyl groups excluding tert-OH is 2. The molecule has 1 unspecified atom stereocenters. The molecule has 24 heavy (non-hydrogen) atoms. The fourth-order valence-corrected chi connectivity index (χ4v) is 1.85. The molecule has 0 aromatic carbocycles. The molecule has 0 aliphatic heterocycles. The van der Waals surface area contributed by atoms with Gasteiger partial charge in [0.15, 0.2) is 5.11 Å². The van der Waals surface area contributed by atoms with Gasteiger partial charge in [-0.3, -0.25) is 15.6 Å². The van der Waals surface area contributed by atoms with E-state index < -0.39 is 42.7 Å². The Balaban J connectivity index is 4.37. The predicted octanol–water partition coefficient (Wildman–Crippen LogP) is -4.06. The Kier molecular flexibility index (Phi) is 11.1. The number of nitrogens with two attached hydrogens (primary N) is 2. The van der Waals surface area contributed by atoms with Crippen molar-refractivity contribution in [3.8, 4) is 0 Å². The summed E-state index contributed by atoms with van der Waals surface area (Å²) in [5.41, 5.74) is 16.4. The van der Waals surface area contributed by atoms with Crippen LogP contribution in [-0.2, 0) is 9.59 Å². The van der Waals surface area contributed by atoms with E-state index in [0.29, 0.717) is 0 Å². The van der Waals surface area contributed by atoms with Gasteiger partial charge >= 0.3 is 5.97 Å². The van der Waals surface area contributed by atoms with E-state index in [9.17, 15) is 14.7 Å². The molecule has 0 rings (SSSR count). The fourth-order valence-electron chi connectivity index (χ4n) is 1.54. The number of rotatable bonds is 12. The van der Waals surface area contributed by atoms with Crippen LogP contribution in [0.5, 0.6) is 0 Å². The maximum absolute atomic E-state index is 11.1. The van der Waals surface area contributed by atoms with Gasteiger partial charge in [-0.1, -0.05) is 0 Å². The molecule has 0 saturated heterocycles. The van der Waals surface area contributed by atoms with Crippen molar-refractivity contribution in [2.45, 2.75) is 37.6 Å². The molecule has 4 atom stereocenters. The number of amides is 1. The lowest BCUT2D eigenvalue weighted by Gasteiger charge is -2.23. The second kappa shape index (κ2) is 11.9. The number of hydrogen-bond acceptors (Lipinski definition) is 8. The summed E-state index contributed by atoms with van der Waals surface area (Å²) < 4.78 is 0. The van der Waals surface area contributed by atoms with Crippen LogP contribution in [0.1, 0.15) is 13.3 Å². The van der Waals surface area contributed by atoms with Gasteiger partial charge in [-0.05, 0) is 19.1 Å². The van der Waals surface area contributed by atoms with Gasteiger partial charge in [0.25, 0.3) is 0 Å². The van der Waals surface area contributed by atoms with E-state index in [-0.39, 0.29) is 24.6 Å². The molecule has 0 saturated carbocycles. The smallest absolute Gasteiger partial charge is 0.328 e. The number of carbonyl (C=O) groups is 2. The summed E-state index contributed by atoms with van der Waals surface area (Å²) >= 11 is 4.95. The van der Waals surface area contributed by atoms with Crippen LogP contribution < -0.4 is 33.0 Å². The third-order valence-corrected chi connectivity index (χ3v) is 3.24. The van der Waals surface area contributed by atoms with Crippen molar-refractivity contribution in [3.63, 3.8) is 0 Å². The Bertz CT molecular complexity index is 425. The Morgan fingerprint density at radius 3 is 2.25 bits per heavy atom. The molecule has 1 amide bonds. The minimum atomic E-state index is -1.26. The van der Waals surface area contributed by atoms with Gasteiger partial charge in [0.05, 0.1) is 18.8 Å². The zero-order chi connectivity index (χ0) is 18.7. The molecule has 12 heteroatoms. The average Bonchev–Trinajstić information content (AvgIpc) is 2.47. The lowest BCUT2D eigenvalue weighted by atomic mass is 10.2. The first-order valence-electron chi connectivity index (χ1n) is 7.25. The first-order valence-corrected chi connectivity index (χ1v) is 7.66. The van der Waals surface area contributed by atoms with Gasteiger partial charge in [-0.15, -0.1) is 0 Å². The van der Waals surface area contributed by atoms with Crippen LogP contribution in [0.4, 0.5) is 0 Å². The zero-order valence-corrected chi connectivity index (χ0v) is 14.2. The first kappa shape index (κ1) is 22.4. The number of nitrogens with one attached hydrogen (secondary N) is 4. The lowest BCUT2D eigenvalue weighted by molar-refractivity contribution is -0.140. The highest BCUT2D eigenvalue weighted by Gasteiger charge is 2.19. The summed E-state index contributed by atoms with van der Waals surface area (Å²) in [6.45, 7) is 1.42. The zero-order valence-electron chi connectivity index (χ0n) is 13.4. The number of aliphatic carboxylic acids is 1. The van der Waals surface area contributed by atoms with Gasteiger partial charge in [0, 0.05) is 25.6 Å². The van der Waals surface area contributed by atoms with Crippen molar-refractivity contribution >= 4 is 29.2 Å². The molecule has 0 aromatic rings. The largest absolute Gasteiger partial charge is 0.480 e. The molecule has 0 radical (unpaired) electrons. The fraction of sp³-hybridized carbons (Fsp3) is 0.750. The molecular weight excluding hydrogens is 340 g/mol.